The first-order valence-corrected chi connectivity index (χ1v) is 6.01. The number of ether oxygens (including phenoxy) is 1. The molecule has 0 spiro atoms. The summed E-state index contributed by atoms with van der Waals surface area (Å²) in [6, 6.07) is 7.18. The lowest BCUT2D eigenvalue weighted by Crippen LogP contribution is -2.07. The molecular weight excluding hydrogens is 240 g/mol. The van der Waals surface area contributed by atoms with E-state index in [1.54, 1.807) is 43.7 Å². The predicted octanol–water partition coefficient (Wildman–Crippen LogP) is 2.82. The standard InChI is InChI=1S/C15H14N2O2/c1-2-19-15(18)13-4-3-9-17-14(13)6-5-12-7-10-16-11-8-12/h3-11H,2H2,1H3. The molecule has 0 saturated heterocycles. The Morgan fingerprint density at radius 3 is 2.74 bits per heavy atom. The minimum Gasteiger partial charge on any atom is -0.462 e. The summed E-state index contributed by atoms with van der Waals surface area (Å²) in [7, 11) is 0. The number of pyridine rings is 2. The Hall–Kier alpha value is -2.49. The maximum Gasteiger partial charge on any atom is 0.340 e. The number of hydrogen-bond donors (Lipinski definition) is 0. The summed E-state index contributed by atoms with van der Waals surface area (Å²) in [6.07, 6.45) is 8.75. The van der Waals surface area contributed by atoms with Crippen molar-refractivity contribution in [3.63, 3.8) is 0 Å². The third kappa shape index (κ3) is 3.48. The highest BCUT2D eigenvalue weighted by molar-refractivity contribution is 5.93. The molecule has 0 atom stereocenters. The van der Waals surface area contributed by atoms with E-state index < -0.39 is 0 Å². The Morgan fingerprint density at radius 2 is 2.00 bits per heavy atom. The molecular formula is C15H14N2O2. The smallest absolute Gasteiger partial charge is 0.340 e. The lowest BCUT2D eigenvalue weighted by molar-refractivity contribution is 0.0525. The number of nitrogens with zero attached hydrogens (tertiary/aromatic N) is 2. The first-order valence-electron chi connectivity index (χ1n) is 6.01. The first kappa shape index (κ1) is 13.0. The van der Waals surface area contributed by atoms with Crippen molar-refractivity contribution in [3.8, 4) is 0 Å². The van der Waals surface area contributed by atoms with Crippen LogP contribution in [-0.4, -0.2) is 22.5 Å². The normalized spacial score (nSPS) is 10.6. The molecule has 2 aromatic heterocycles. The fraction of sp³-hybridized carbons (Fsp3) is 0.133. The number of hydrogen-bond acceptors (Lipinski definition) is 4. The van der Waals surface area contributed by atoms with E-state index in [0.29, 0.717) is 17.9 Å². The van der Waals surface area contributed by atoms with Crippen LogP contribution in [0.5, 0.6) is 0 Å². The molecule has 2 aromatic rings. The van der Waals surface area contributed by atoms with E-state index in [1.807, 2.05) is 18.2 Å². The molecule has 0 aliphatic heterocycles. The van der Waals surface area contributed by atoms with Gasteiger partial charge in [-0.15, -0.1) is 0 Å². The van der Waals surface area contributed by atoms with Crippen LogP contribution < -0.4 is 0 Å². The second-order valence-corrected chi connectivity index (χ2v) is 3.77. The minimum absolute atomic E-state index is 0.348. The summed E-state index contributed by atoms with van der Waals surface area (Å²) >= 11 is 0. The molecule has 0 saturated carbocycles. The quantitative estimate of drug-likeness (QED) is 0.787. The van der Waals surface area contributed by atoms with Gasteiger partial charge in [-0.2, -0.15) is 0 Å². The van der Waals surface area contributed by atoms with Gasteiger partial charge < -0.3 is 4.74 Å². The molecule has 0 aliphatic rings. The number of aromatic nitrogens is 2. The van der Waals surface area contributed by atoms with Gasteiger partial charge in [-0.05, 0) is 42.8 Å². The maximum absolute atomic E-state index is 11.8. The van der Waals surface area contributed by atoms with Gasteiger partial charge in [0, 0.05) is 18.6 Å². The van der Waals surface area contributed by atoms with Crippen LogP contribution in [0.3, 0.4) is 0 Å². The van der Waals surface area contributed by atoms with Gasteiger partial charge in [0.1, 0.15) is 0 Å². The molecule has 0 N–H and O–H groups in total. The lowest BCUT2D eigenvalue weighted by Gasteiger charge is -2.04. The third-order valence-corrected chi connectivity index (χ3v) is 2.47. The fourth-order valence-electron chi connectivity index (χ4n) is 1.58. The van der Waals surface area contributed by atoms with Gasteiger partial charge in [-0.1, -0.05) is 6.08 Å². The average molecular weight is 254 g/mol. The van der Waals surface area contributed by atoms with E-state index in [9.17, 15) is 4.79 Å². The van der Waals surface area contributed by atoms with Crippen molar-refractivity contribution < 1.29 is 9.53 Å². The van der Waals surface area contributed by atoms with Crippen molar-refractivity contribution in [1.82, 2.24) is 9.97 Å². The number of esters is 1. The summed E-state index contributed by atoms with van der Waals surface area (Å²) in [6.45, 7) is 2.13. The third-order valence-electron chi connectivity index (χ3n) is 2.47. The SMILES string of the molecule is CCOC(=O)c1cccnc1C=Cc1ccncc1. The Balaban J connectivity index is 2.25. The van der Waals surface area contributed by atoms with Crippen LogP contribution in [0.15, 0.2) is 42.9 Å². The van der Waals surface area contributed by atoms with E-state index >= 15 is 0 Å². The zero-order valence-electron chi connectivity index (χ0n) is 10.6. The van der Waals surface area contributed by atoms with Crippen molar-refractivity contribution >= 4 is 18.1 Å². The Bertz CT molecular complexity index is 580. The number of rotatable bonds is 4. The van der Waals surface area contributed by atoms with E-state index in [0.717, 1.165) is 5.56 Å². The molecule has 0 aromatic carbocycles. The second-order valence-electron chi connectivity index (χ2n) is 3.77. The molecule has 0 aliphatic carbocycles. The van der Waals surface area contributed by atoms with Gasteiger partial charge >= 0.3 is 5.97 Å². The Kier molecular flexibility index (Phi) is 4.39. The van der Waals surface area contributed by atoms with Crippen LogP contribution in [0.4, 0.5) is 0 Å². The van der Waals surface area contributed by atoms with E-state index in [-0.39, 0.29) is 5.97 Å². The molecule has 19 heavy (non-hydrogen) atoms. The van der Waals surface area contributed by atoms with Crippen LogP contribution in [0.2, 0.25) is 0 Å². The maximum atomic E-state index is 11.8. The van der Waals surface area contributed by atoms with Crippen molar-refractivity contribution in [3.05, 3.63) is 59.7 Å². The van der Waals surface area contributed by atoms with Crippen LogP contribution >= 0.6 is 0 Å². The Morgan fingerprint density at radius 1 is 1.21 bits per heavy atom. The average Bonchev–Trinajstić information content (AvgIpc) is 2.47. The summed E-state index contributed by atoms with van der Waals surface area (Å²) in [5.74, 6) is -0.357. The van der Waals surface area contributed by atoms with Crippen molar-refractivity contribution in [2.75, 3.05) is 6.61 Å². The zero-order chi connectivity index (χ0) is 13.5. The van der Waals surface area contributed by atoms with Crippen molar-refractivity contribution in [1.29, 1.82) is 0 Å². The molecule has 4 nitrogen and oxygen atoms in total. The molecule has 2 heterocycles. The van der Waals surface area contributed by atoms with Crippen LogP contribution in [0.25, 0.3) is 12.2 Å². The minimum atomic E-state index is -0.357. The molecule has 0 fully saturated rings. The monoisotopic (exact) mass is 254 g/mol. The topological polar surface area (TPSA) is 52.1 Å². The molecule has 2 rings (SSSR count). The van der Waals surface area contributed by atoms with Gasteiger partial charge in [0.05, 0.1) is 17.9 Å². The fourth-order valence-corrected chi connectivity index (χ4v) is 1.58. The van der Waals surface area contributed by atoms with E-state index in [1.165, 1.54) is 0 Å². The largest absolute Gasteiger partial charge is 0.462 e. The summed E-state index contributed by atoms with van der Waals surface area (Å²) < 4.78 is 5.00. The van der Waals surface area contributed by atoms with Crippen molar-refractivity contribution in [2.24, 2.45) is 0 Å². The number of carbonyl (C=O) groups is 1. The molecule has 0 radical (unpaired) electrons. The summed E-state index contributed by atoms with van der Waals surface area (Å²) in [5.41, 5.74) is 2.06. The highest BCUT2D eigenvalue weighted by Gasteiger charge is 2.10. The molecule has 0 bridgehead atoms. The van der Waals surface area contributed by atoms with E-state index in [2.05, 4.69) is 9.97 Å². The van der Waals surface area contributed by atoms with Crippen LogP contribution in [-0.2, 0) is 4.74 Å². The summed E-state index contributed by atoms with van der Waals surface area (Å²) in [5, 5.41) is 0. The lowest BCUT2D eigenvalue weighted by atomic mass is 10.1. The Labute approximate surface area is 111 Å². The first-order chi connectivity index (χ1) is 9.31. The highest BCUT2D eigenvalue weighted by Crippen LogP contribution is 2.11. The molecule has 96 valence electrons. The predicted molar refractivity (Wildman–Crippen MR) is 73.4 cm³/mol. The molecule has 0 amide bonds. The molecule has 4 heteroatoms. The van der Waals surface area contributed by atoms with Gasteiger partial charge in [-0.25, -0.2) is 4.79 Å². The highest BCUT2D eigenvalue weighted by atomic mass is 16.5. The molecule has 0 unspecified atom stereocenters. The van der Waals surface area contributed by atoms with Crippen LogP contribution in [0, 0.1) is 0 Å². The van der Waals surface area contributed by atoms with Gasteiger partial charge in [0.2, 0.25) is 0 Å². The second kappa shape index (κ2) is 6.44. The number of carbonyl (C=O) groups excluding carboxylic acids is 1. The summed E-state index contributed by atoms with van der Waals surface area (Å²) in [4.78, 5) is 19.9. The van der Waals surface area contributed by atoms with Gasteiger partial charge in [0.25, 0.3) is 0 Å². The zero-order valence-corrected chi connectivity index (χ0v) is 10.6. The van der Waals surface area contributed by atoms with Crippen molar-refractivity contribution in [2.45, 2.75) is 6.92 Å². The van der Waals surface area contributed by atoms with Crippen LogP contribution in [0.1, 0.15) is 28.5 Å². The van der Waals surface area contributed by atoms with Gasteiger partial charge in [-0.3, -0.25) is 9.97 Å². The van der Waals surface area contributed by atoms with Gasteiger partial charge in [0.15, 0.2) is 0 Å². The van der Waals surface area contributed by atoms with E-state index in [4.69, 9.17) is 4.74 Å².